The lowest BCUT2D eigenvalue weighted by molar-refractivity contribution is 0.0526. The summed E-state index contributed by atoms with van der Waals surface area (Å²) in [5, 5.41) is 9.77. The molecule has 1 N–H and O–H groups in total. The monoisotopic (exact) mass is 312 g/mol. The van der Waals surface area contributed by atoms with Gasteiger partial charge in [0, 0.05) is 11.5 Å². The zero-order valence-electron chi connectivity index (χ0n) is 13.3. The van der Waals surface area contributed by atoms with Crippen LogP contribution in [0.1, 0.15) is 39.9 Å². The number of hydrogen-bond donors (Lipinski definition) is 1. The third-order valence-corrected chi connectivity index (χ3v) is 4.22. The molecular weight excluding hydrogens is 292 g/mol. The van der Waals surface area contributed by atoms with Crippen molar-refractivity contribution in [1.29, 1.82) is 0 Å². The fourth-order valence-electron chi connectivity index (χ4n) is 2.96. The van der Waals surface area contributed by atoms with Crippen LogP contribution < -0.4 is 4.74 Å². The molecule has 0 saturated carbocycles. The number of benzene rings is 2. The van der Waals surface area contributed by atoms with Gasteiger partial charge in [0.1, 0.15) is 11.5 Å². The van der Waals surface area contributed by atoms with E-state index >= 15 is 0 Å². The summed E-state index contributed by atoms with van der Waals surface area (Å²) in [5.41, 5.74) is 3.49. The second-order valence-electron chi connectivity index (χ2n) is 5.76. The van der Waals surface area contributed by atoms with Crippen molar-refractivity contribution in [1.82, 2.24) is 0 Å². The molecule has 4 nitrogen and oxygen atoms in total. The standard InChI is InChI=1S/C19H20O4/c1-3-22-19(21)15-6-4-5-13(9-15)16-10-14-7-8-17(20)12(2)18(14)23-11-16/h4-9,16,20H,3,10-11H2,1-2H3. The quantitative estimate of drug-likeness (QED) is 0.880. The highest BCUT2D eigenvalue weighted by Crippen LogP contribution is 2.38. The molecule has 23 heavy (non-hydrogen) atoms. The van der Waals surface area contributed by atoms with E-state index in [9.17, 15) is 9.90 Å². The van der Waals surface area contributed by atoms with Crippen molar-refractivity contribution in [2.75, 3.05) is 13.2 Å². The van der Waals surface area contributed by atoms with Crippen molar-refractivity contribution in [2.45, 2.75) is 26.2 Å². The number of carbonyl (C=O) groups is 1. The summed E-state index contributed by atoms with van der Waals surface area (Å²) in [6.07, 6.45) is 0.822. The van der Waals surface area contributed by atoms with Crippen LogP contribution in [0.5, 0.6) is 11.5 Å². The average molecular weight is 312 g/mol. The summed E-state index contributed by atoms with van der Waals surface area (Å²) in [6.45, 7) is 4.55. The maximum atomic E-state index is 11.9. The molecule has 1 atom stereocenters. The predicted octanol–water partition coefficient (Wildman–Crippen LogP) is 3.60. The van der Waals surface area contributed by atoms with Crippen molar-refractivity contribution in [2.24, 2.45) is 0 Å². The molecule has 4 heteroatoms. The Kier molecular flexibility index (Phi) is 4.24. The number of hydrogen-bond acceptors (Lipinski definition) is 4. The molecule has 0 radical (unpaired) electrons. The molecule has 0 aromatic heterocycles. The lowest BCUT2D eigenvalue weighted by Gasteiger charge is -2.27. The van der Waals surface area contributed by atoms with Gasteiger partial charge >= 0.3 is 5.97 Å². The van der Waals surface area contributed by atoms with Gasteiger partial charge in [-0.25, -0.2) is 4.79 Å². The van der Waals surface area contributed by atoms with Crippen molar-refractivity contribution < 1.29 is 19.4 Å². The lowest BCUT2D eigenvalue weighted by atomic mass is 9.88. The van der Waals surface area contributed by atoms with Crippen molar-refractivity contribution in [3.8, 4) is 11.5 Å². The molecule has 1 aliphatic heterocycles. The van der Waals surface area contributed by atoms with E-state index in [1.807, 2.05) is 31.2 Å². The normalized spacial score (nSPS) is 16.3. The Morgan fingerprint density at radius 3 is 2.96 bits per heavy atom. The van der Waals surface area contributed by atoms with E-state index in [2.05, 4.69) is 0 Å². The van der Waals surface area contributed by atoms with Gasteiger partial charge in [0.2, 0.25) is 0 Å². The van der Waals surface area contributed by atoms with Crippen LogP contribution in [0.15, 0.2) is 36.4 Å². The third-order valence-electron chi connectivity index (χ3n) is 4.22. The molecule has 0 saturated heterocycles. The van der Waals surface area contributed by atoms with Gasteiger partial charge in [-0.3, -0.25) is 0 Å². The number of aromatic hydroxyl groups is 1. The fraction of sp³-hybridized carbons (Fsp3) is 0.316. The molecule has 1 heterocycles. The molecule has 0 amide bonds. The number of ether oxygens (including phenoxy) is 2. The molecule has 0 aliphatic carbocycles. The highest BCUT2D eigenvalue weighted by molar-refractivity contribution is 5.89. The first-order valence-corrected chi connectivity index (χ1v) is 7.81. The molecule has 0 spiro atoms. The first-order chi connectivity index (χ1) is 11.1. The van der Waals surface area contributed by atoms with Gasteiger partial charge in [-0.1, -0.05) is 18.2 Å². The molecule has 2 aromatic carbocycles. The van der Waals surface area contributed by atoms with E-state index in [4.69, 9.17) is 9.47 Å². The van der Waals surface area contributed by atoms with Gasteiger partial charge in [0.05, 0.1) is 18.8 Å². The molecule has 0 fully saturated rings. The van der Waals surface area contributed by atoms with Gasteiger partial charge in [0.15, 0.2) is 0 Å². The summed E-state index contributed by atoms with van der Waals surface area (Å²) in [6, 6.07) is 11.1. The van der Waals surface area contributed by atoms with Crippen LogP contribution in [0, 0.1) is 6.92 Å². The van der Waals surface area contributed by atoms with E-state index in [1.54, 1.807) is 19.1 Å². The highest BCUT2D eigenvalue weighted by Gasteiger charge is 2.24. The Balaban J connectivity index is 1.85. The maximum absolute atomic E-state index is 11.9. The minimum Gasteiger partial charge on any atom is -0.508 e. The van der Waals surface area contributed by atoms with Crippen LogP contribution in [0.3, 0.4) is 0 Å². The number of carbonyl (C=O) groups excluding carboxylic acids is 1. The zero-order chi connectivity index (χ0) is 16.4. The molecule has 1 aliphatic rings. The summed E-state index contributed by atoms with van der Waals surface area (Å²) >= 11 is 0. The topological polar surface area (TPSA) is 55.8 Å². The second-order valence-corrected chi connectivity index (χ2v) is 5.76. The number of esters is 1. The maximum Gasteiger partial charge on any atom is 0.338 e. The van der Waals surface area contributed by atoms with Crippen LogP contribution in [-0.2, 0) is 11.2 Å². The van der Waals surface area contributed by atoms with E-state index in [-0.39, 0.29) is 17.6 Å². The summed E-state index contributed by atoms with van der Waals surface area (Å²) in [4.78, 5) is 11.9. The van der Waals surface area contributed by atoms with Crippen molar-refractivity contribution in [3.05, 3.63) is 58.7 Å². The van der Waals surface area contributed by atoms with Gasteiger partial charge in [-0.15, -0.1) is 0 Å². The molecule has 2 aromatic rings. The van der Waals surface area contributed by atoms with E-state index < -0.39 is 0 Å². The van der Waals surface area contributed by atoms with Crippen LogP contribution in [0.4, 0.5) is 0 Å². The molecule has 3 rings (SSSR count). The van der Waals surface area contributed by atoms with Gasteiger partial charge in [-0.05, 0) is 49.6 Å². The minimum atomic E-state index is -0.299. The zero-order valence-corrected chi connectivity index (χ0v) is 13.3. The van der Waals surface area contributed by atoms with Crippen LogP contribution in [-0.4, -0.2) is 24.3 Å². The molecular formula is C19H20O4. The predicted molar refractivity (Wildman–Crippen MR) is 87.2 cm³/mol. The van der Waals surface area contributed by atoms with Gasteiger partial charge in [0.25, 0.3) is 0 Å². The minimum absolute atomic E-state index is 0.181. The van der Waals surface area contributed by atoms with Gasteiger partial charge in [-0.2, -0.15) is 0 Å². The average Bonchev–Trinajstić information content (AvgIpc) is 2.58. The van der Waals surface area contributed by atoms with Crippen LogP contribution in [0.25, 0.3) is 0 Å². The first kappa shape index (κ1) is 15.4. The highest BCUT2D eigenvalue weighted by atomic mass is 16.5. The van der Waals surface area contributed by atoms with Crippen LogP contribution >= 0.6 is 0 Å². The summed E-state index contributed by atoms with van der Waals surface area (Å²) < 4.78 is 10.9. The Hall–Kier alpha value is -2.49. The number of phenols is 1. The molecule has 120 valence electrons. The Morgan fingerprint density at radius 2 is 2.17 bits per heavy atom. The Bertz CT molecular complexity index is 736. The van der Waals surface area contributed by atoms with E-state index in [0.29, 0.717) is 18.8 Å². The summed E-state index contributed by atoms with van der Waals surface area (Å²) in [5.74, 6) is 0.919. The number of phenolic OH excluding ortho intramolecular Hbond substituents is 1. The fourth-order valence-corrected chi connectivity index (χ4v) is 2.96. The van der Waals surface area contributed by atoms with Gasteiger partial charge < -0.3 is 14.6 Å². The van der Waals surface area contributed by atoms with E-state index in [1.165, 1.54) is 0 Å². The Labute approximate surface area is 135 Å². The van der Waals surface area contributed by atoms with Crippen molar-refractivity contribution >= 4 is 5.97 Å². The first-order valence-electron chi connectivity index (χ1n) is 7.81. The van der Waals surface area contributed by atoms with Crippen LogP contribution in [0.2, 0.25) is 0 Å². The number of fused-ring (bicyclic) bond motifs is 1. The summed E-state index contributed by atoms with van der Waals surface area (Å²) in [7, 11) is 0. The molecule has 0 bridgehead atoms. The number of rotatable bonds is 3. The third kappa shape index (κ3) is 3.02. The largest absolute Gasteiger partial charge is 0.508 e. The van der Waals surface area contributed by atoms with E-state index in [0.717, 1.165) is 28.9 Å². The SMILES string of the molecule is CCOC(=O)c1cccc(C2COc3c(ccc(O)c3C)C2)c1. The lowest BCUT2D eigenvalue weighted by Crippen LogP contribution is -2.20. The Morgan fingerprint density at radius 1 is 1.35 bits per heavy atom. The van der Waals surface area contributed by atoms with Crippen molar-refractivity contribution in [3.63, 3.8) is 0 Å². The smallest absolute Gasteiger partial charge is 0.338 e. The second kappa shape index (κ2) is 6.32. The molecule has 1 unspecified atom stereocenters.